The molecule has 76 valence electrons. The molecule has 0 saturated heterocycles. The Balaban J connectivity index is 2.73. The van der Waals surface area contributed by atoms with E-state index in [-0.39, 0.29) is 0 Å². The number of aliphatic imine (C=N–C) groups is 1. The molecule has 0 radical (unpaired) electrons. The molecule has 0 aliphatic heterocycles. The zero-order chi connectivity index (χ0) is 10.4. The maximum atomic E-state index is 5.31. The highest BCUT2D eigenvalue weighted by atomic mass is 16.5. The van der Waals surface area contributed by atoms with Crippen LogP contribution < -0.4 is 4.74 Å². The molecule has 0 aromatic heterocycles. The van der Waals surface area contributed by atoms with E-state index in [0.717, 1.165) is 11.4 Å². The van der Waals surface area contributed by atoms with Gasteiger partial charge in [0.25, 0.3) is 0 Å². The molecule has 0 saturated carbocycles. The Labute approximate surface area is 84.4 Å². The van der Waals surface area contributed by atoms with Crippen molar-refractivity contribution in [1.29, 1.82) is 0 Å². The maximum absolute atomic E-state index is 5.31. The Hall–Kier alpha value is -1.51. The number of ether oxygens (including phenoxy) is 2. The molecule has 0 spiro atoms. The van der Waals surface area contributed by atoms with Gasteiger partial charge in [0, 0.05) is 6.92 Å². The van der Waals surface area contributed by atoms with Gasteiger partial charge in [0.2, 0.25) is 0 Å². The van der Waals surface area contributed by atoms with Gasteiger partial charge in [0.05, 0.1) is 19.4 Å². The Kier molecular flexibility index (Phi) is 3.98. The van der Waals surface area contributed by atoms with Gasteiger partial charge in [-0.25, -0.2) is 4.99 Å². The molecule has 0 unspecified atom stereocenters. The topological polar surface area (TPSA) is 30.8 Å². The molecule has 0 atom stereocenters. The van der Waals surface area contributed by atoms with Gasteiger partial charge in [-0.05, 0) is 31.2 Å². The molecular weight excluding hydrogens is 178 g/mol. The Morgan fingerprint density at radius 3 is 2.43 bits per heavy atom. The van der Waals surface area contributed by atoms with Crippen LogP contribution in [-0.4, -0.2) is 19.6 Å². The normalized spacial score (nSPS) is 11.2. The highest BCUT2D eigenvalue weighted by Crippen LogP contribution is 2.18. The van der Waals surface area contributed by atoms with Crippen LogP contribution in [0, 0.1) is 0 Å². The Morgan fingerprint density at radius 1 is 1.29 bits per heavy atom. The standard InChI is InChI=1S/C11H15NO2/c1-4-14-11-7-5-10(6-8-11)12-9(2)13-3/h5-8H,4H2,1-3H3/b12-9-. The van der Waals surface area contributed by atoms with Crippen molar-refractivity contribution in [2.45, 2.75) is 13.8 Å². The van der Waals surface area contributed by atoms with Crippen LogP contribution >= 0.6 is 0 Å². The van der Waals surface area contributed by atoms with E-state index in [9.17, 15) is 0 Å². The molecule has 0 aliphatic rings. The summed E-state index contributed by atoms with van der Waals surface area (Å²) in [5.41, 5.74) is 0.868. The molecular formula is C11H15NO2. The third-order valence-corrected chi connectivity index (χ3v) is 1.73. The van der Waals surface area contributed by atoms with Crippen molar-refractivity contribution in [2.75, 3.05) is 13.7 Å². The van der Waals surface area contributed by atoms with Crippen molar-refractivity contribution in [2.24, 2.45) is 4.99 Å². The summed E-state index contributed by atoms with van der Waals surface area (Å²) in [7, 11) is 1.60. The molecule has 1 aromatic carbocycles. The SMILES string of the molecule is CCOc1ccc(/N=C(/C)OC)cc1. The minimum Gasteiger partial charge on any atom is -0.494 e. The molecule has 0 amide bonds. The number of rotatable bonds is 3. The van der Waals surface area contributed by atoms with Gasteiger partial charge < -0.3 is 9.47 Å². The highest BCUT2D eigenvalue weighted by Gasteiger charge is 1.93. The molecule has 3 heteroatoms. The number of nitrogens with zero attached hydrogens (tertiary/aromatic N) is 1. The largest absolute Gasteiger partial charge is 0.494 e. The summed E-state index contributed by atoms with van der Waals surface area (Å²) in [5.74, 6) is 1.51. The summed E-state index contributed by atoms with van der Waals surface area (Å²) in [6.45, 7) is 4.46. The van der Waals surface area contributed by atoms with Crippen LogP contribution in [-0.2, 0) is 4.74 Å². The lowest BCUT2D eigenvalue weighted by Gasteiger charge is -2.02. The average molecular weight is 193 g/mol. The monoisotopic (exact) mass is 193 g/mol. The number of hydrogen-bond acceptors (Lipinski definition) is 3. The van der Waals surface area contributed by atoms with E-state index in [1.54, 1.807) is 7.11 Å². The summed E-state index contributed by atoms with van der Waals surface area (Å²) in [5, 5.41) is 0. The summed E-state index contributed by atoms with van der Waals surface area (Å²) < 4.78 is 10.3. The van der Waals surface area contributed by atoms with Crippen molar-refractivity contribution < 1.29 is 9.47 Å². The van der Waals surface area contributed by atoms with Crippen LogP contribution in [0.1, 0.15) is 13.8 Å². The van der Waals surface area contributed by atoms with Gasteiger partial charge in [0.1, 0.15) is 5.75 Å². The van der Waals surface area contributed by atoms with E-state index in [2.05, 4.69) is 4.99 Å². The van der Waals surface area contributed by atoms with Crippen LogP contribution in [0.15, 0.2) is 29.3 Å². The molecule has 0 aliphatic carbocycles. The zero-order valence-corrected chi connectivity index (χ0v) is 8.78. The van der Waals surface area contributed by atoms with Crippen molar-refractivity contribution in [3.63, 3.8) is 0 Å². The first-order valence-corrected chi connectivity index (χ1v) is 4.58. The Bertz CT molecular complexity index is 304. The molecule has 1 rings (SSSR count). The van der Waals surface area contributed by atoms with Gasteiger partial charge in [-0.1, -0.05) is 0 Å². The van der Waals surface area contributed by atoms with Gasteiger partial charge in [-0.3, -0.25) is 0 Å². The van der Waals surface area contributed by atoms with Crippen LogP contribution in [0.3, 0.4) is 0 Å². The summed E-state index contributed by atoms with van der Waals surface area (Å²) in [6, 6.07) is 7.58. The average Bonchev–Trinajstić information content (AvgIpc) is 2.21. The van der Waals surface area contributed by atoms with Gasteiger partial charge in [-0.15, -0.1) is 0 Å². The minimum absolute atomic E-state index is 0.647. The van der Waals surface area contributed by atoms with Crippen LogP contribution in [0.4, 0.5) is 5.69 Å². The van der Waals surface area contributed by atoms with E-state index in [1.807, 2.05) is 38.1 Å². The van der Waals surface area contributed by atoms with Crippen molar-refractivity contribution >= 4 is 11.6 Å². The lowest BCUT2D eigenvalue weighted by Crippen LogP contribution is -1.92. The first kappa shape index (κ1) is 10.6. The van der Waals surface area contributed by atoms with Crippen LogP contribution in [0.25, 0.3) is 0 Å². The number of hydrogen-bond donors (Lipinski definition) is 0. The lowest BCUT2D eigenvalue weighted by molar-refractivity contribution is 0.340. The van der Waals surface area contributed by atoms with Gasteiger partial charge in [0.15, 0.2) is 5.90 Å². The molecule has 0 N–H and O–H groups in total. The second kappa shape index (κ2) is 5.27. The van der Waals surface area contributed by atoms with Gasteiger partial charge in [-0.2, -0.15) is 0 Å². The Morgan fingerprint density at radius 2 is 1.93 bits per heavy atom. The summed E-state index contributed by atoms with van der Waals surface area (Å²) >= 11 is 0. The minimum atomic E-state index is 0.647. The predicted molar refractivity (Wildman–Crippen MR) is 57.4 cm³/mol. The second-order valence-corrected chi connectivity index (χ2v) is 2.76. The maximum Gasteiger partial charge on any atom is 0.184 e. The van der Waals surface area contributed by atoms with Crippen molar-refractivity contribution in [3.05, 3.63) is 24.3 Å². The molecule has 14 heavy (non-hydrogen) atoms. The van der Waals surface area contributed by atoms with E-state index in [0.29, 0.717) is 12.5 Å². The quantitative estimate of drug-likeness (QED) is 0.546. The molecule has 0 fully saturated rings. The third kappa shape index (κ3) is 3.09. The summed E-state index contributed by atoms with van der Waals surface area (Å²) in [4.78, 5) is 4.22. The van der Waals surface area contributed by atoms with E-state index in [1.165, 1.54) is 0 Å². The van der Waals surface area contributed by atoms with Crippen LogP contribution in [0.2, 0.25) is 0 Å². The first-order chi connectivity index (χ1) is 6.76. The van der Waals surface area contributed by atoms with Crippen LogP contribution in [0.5, 0.6) is 5.75 Å². The molecule has 0 bridgehead atoms. The second-order valence-electron chi connectivity index (χ2n) is 2.76. The number of benzene rings is 1. The molecule has 1 aromatic rings. The smallest absolute Gasteiger partial charge is 0.184 e. The highest BCUT2D eigenvalue weighted by molar-refractivity contribution is 5.76. The van der Waals surface area contributed by atoms with E-state index < -0.39 is 0 Å². The van der Waals surface area contributed by atoms with Crippen molar-refractivity contribution in [1.82, 2.24) is 0 Å². The molecule has 0 heterocycles. The van der Waals surface area contributed by atoms with Gasteiger partial charge >= 0.3 is 0 Å². The van der Waals surface area contributed by atoms with Crippen molar-refractivity contribution in [3.8, 4) is 5.75 Å². The summed E-state index contributed by atoms with van der Waals surface area (Å²) in [6.07, 6.45) is 0. The fourth-order valence-corrected chi connectivity index (χ4v) is 1.01. The fourth-order valence-electron chi connectivity index (χ4n) is 1.01. The predicted octanol–water partition coefficient (Wildman–Crippen LogP) is 2.78. The third-order valence-electron chi connectivity index (χ3n) is 1.73. The first-order valence-electron chi connectivity index (χ1n) is 4.58. The number of methoxy groups -OCH3 is 1. The fraction of sp³-hybridized carbons (Fsp3) is 0.364. The zero-order valence-electron chi connectivity index (χ0n) is 8.78. The lowest BCUT2D eigenvalue weighted by atomic mass is 10.3. The van der Waals surface area contributed by atoms with E-state index in [4.69, 9.17) is 9.47 Å². The van der Waals surface area contributed by atoms with E-state index >= 15 is 0 Å². The molecule has 3 nitrogen and oxygen atoms in total.